The lowest BCUT2D eigenvalue weighted by Gasteiger charge is -2.10. The van der Waals surface area contributed by atoms with Gasteiger partial charge in [-0.25, -0.2) is 10.4 Å². The van der Waals surface area contributed by atoms with Crippen molar-refractivity contribution in [3.05, 3.63) is 72.4 Å². The molecule has 0 bridgehead atoms. The highest BCUT2D eigenvalue weighted by atomic mass is 16.5. The number of para-hydroxylation sites is 2. The van der Waals surface area contributed by atoms with Crippen molar-refractivity contribution in [2.75, 3.05) is 14.2 Å². The highest BCUT2D eigenvalue weighted by Crippen LogP contribution is 2.28. The van der Waals surface area contributed by atoms with Gasteiger partial charge in [-0.05, 0) is 49.4 Å². The molecule has 1 N–H and O–H groups in total. The standard InChI is InChI=1S/C24H23N5O3/c1-16(17-11-12-21(31-2)22(14-17)32-3)27-28-23(30)15-29-20-10-5-4-8-18(20)26-24(29)19-9-6-7-13-25-19/h4-14H,15H2,1-3H3,(H,28,30)/b27-16+. The number of hydrazone groups is 1. The molecule has 0 fully saturated rings. The number of fused-ring (bicyclic) bond motifs is 1. The van der Waals surface area contributed by atoms with Crippen molar-refractivity contribution < 1.29 is 14.3 Å². The highest BCUT2D eigenvalue weighted by Gasteiger charge is 2.16. The molecule has 4 aromatic rings. The second-order valence-electron chi connectivity index (χ2n) is 7.03. The van der Waals surface area contributed by atoms with Gasteiger partial charge in [0.25, 0.3) is 5.91 Å². The largest absolute Gasteiger partial charge is 0.493 e. The molecule has 2 aromatic heterocycles. The lowest BCUT2D eigenvalue weighted by atomic mass is 10.1. The van der Waals surface area contributed by atoms with E-state index in [4.69, 9.17) is 9.47 Å². The number of benzene rings is 2. The Morgan fingerprint density at radius 1 is 1.03 bits per heavy atom. The average Bonchev–Trinajstić information content (AvgIpc) is 3.20. The van der Waals surface area contributed by atoms with E-state index in [1.165, 1.54) is 0 Å². The van der Waals surface area contributed by atoms with Crippen LogP contribution in [-0.2, 0) is 11.3 Å². The van der Waals surface area contributed by atoms with Gasteiger partial charge in [0.15, 0.2) is 17.3 Å². The molecule has 8 nitrogen and oxygen atoms in total. The molecule has 0 unspecified atom stereocenters. The monoisotopic (exact) mass is 429 g/mol. The van der Waals surface area contributed by atoms with E-state index < -0.39 is 0 Å². The Kier molecular flexibility index (Phi) is 6.12. The van der Waals surface area contributed by atoms with Gasteiger partial charge in [0, 0.05) is 11.8 Å². The number of nitrogens with one attached hydrogen (secondary N) is 1. The van der Waals surface area contributed by atoms with Gasteiger partial charge in [0.05, 0.1) is 31.0 Å². The Morgan fingerprint density at radius 3 is 2.56 bits per heavy atom. The molecule has 0 aliphatic carbocycles. The maximum absolute atomic E-state index is 12.8. The molecule has 0 saturated heterocycles. The molecular formula is C24H23N5O3. The number of aromatic nitrogens is 3. The van der Waals surface area contributed by atoms with Crippen LogP contribution in [0.15, 0.2) is 72.0 Å². The number of methoxy groups -OCH3 is 2. The van der Waals surface area contributed by atoms with Gasteiger partial charge in [-0.2, -0.15) is 5.10 Å². The number of imidazole rings is 1. The summed E-state index contributed by atoms with van der Waals surface area (Å²) in [5.74, 6) is 1.57. The lowest BCUT2D eigenvalue weighted by molar-refractivity contribution is -0.121. The van der Waals surface area contributed by atoms with Crippen molar-refractivity contribution >= 4 is 22.7 Å². The highest BCUT2D eigenvalue weighted by molar-refractivity contribution is 5.99. The van der Waals surface area contributed by atoms with E-state index in [0.717, 1.165) is 16.6 Å². The van der Waals surface area contributed by atoms with Gasteiger partial charge in [-0.15, -0.1) is 0 Å². The fourth-order valence-corrected chi connectivity index (χ4v) is 3.38. The van der Waals surface area contributed by atoms with Crippen molar-refractivity contribution in [2.24, 2.45) is 5.10 Å². The van der Waals surface area contributed by atoms with Gasteiger partial charge < -0.3 is 14.0 Å². The third kappa shape index (κ3) is 4.29. The summed E-state index contributed by atoms with van der Waals surface area (Å²) < 4.78 is 12.4. The number of hydrogen-bond donors (Lipinski definition) is 1. The Balaban J connectivity index is 1.57. The van der Waals surface area contributed by atoms with Crippen molar-refractivity contribution in [1.29, 1.82) is 0 Å². The van der Waals surface area contributed by atoms with E-state index in [-0.39, 0.29) is 12.5 Å². The van der Waals surface area contributed by atoms with Gasteiger partial charge in [-0.3, -0.25) is 9.78 Å². The number of carbonyl (C=O) groups is 1. The first-order valence-electron chi connectivity index (χ1n) is 10.0. The van der Waals surface area contributed by atoms with Crippen LogP contribution >= 0.6 is 0 Å². The summed E-state index contributed by atoms with van der Waals surface area (Å²) in [4.78, 5) is 21.8. The molecule has 2 heterocycles. The molecular weight excluding hydrogens is 406 g/mol. The van der Waals surface area contributed by atoms with E-state index >= 15 is 0 Å². The van der Waals surface area contributed by atoms with Crippen molar-refractivity contribution in [2.45, 2.75) is 13.5 Å². The number of ether oxygens (including phenoxy) is 2. The Morgan fingerprint density at radius 2 is 1.81 bits per heavy atom. The van der Waals surface area contributed by atoms with Gasteiger partial charge in [0.1, 0.15) is 12.2 Å². The summed E-state index contributed by atoms with van der Waals surface area (Å²) in [6.07, 6.45) is 1.70. The molecule has 4 rings (SSSR count). The second-order valence-corrected chi connectivity index (χ2v) is 7.03. The molecule has 2 aromatic carbocycles. The van der Waals surface area contributed by atoms with E-state index in [1.54, 1.807) is 26.5 Å². The third-order valence-electron chi connectivity index (χ3n) is 5.00. The summed E-state index contributed by atoms with van der Waals surface area (Å²) >= 11 is 0. The van der Waals surface area contributed by atoms with Crippen LogP contribution in [0.1, 0.15) is 12.5 Å². The second kappa shape index (κ2) is 9.30. The number of nitrogens with zero attached hydrogens (tertiary/aromatic N) is 4. The minimum absolute atomic E-state index is 0.0507. The molecule has 0 saturated carbocycles. The predicted molar refractivity (Wildman–Crippen MR) is 123 cm³/mol. The van der Waals surface area contributed by atoms with Gasteiger partial charge in [0.2, 0.25) is 0 Å². The topological polar surface area (TPSA) is 90.6 Å². The Bertz CT molecular complexity index is 1280. The minimum Gasteiger partial charge on any atom is -0.493 e. The molecule has 1 amide bonds. The van der Waals surface area contributed by atoms with Crippen LogP contribution in [-0.4, -0.2) is 40.4 Å². The maximum atomic E-state index is 12.8. The molecule has 0 spiro atoms. The van der Waals surface area contributed by atoms with Crippen LogP contribution in [0.2, 0.25) is 0 Å². The SMILES string of the molecule is COc1ccc(/C(C)=N/NC(=O)Cn2c(-c3ccccn3)nc3ccccc32)cc1OC. The van der Waals surface area contributed by atoms with Crippen LogP contribution in [0.5, 0.6) is 11.5 Å². The fraction of sp³-hybridized carbons (Fsp3) is 0.167. The molecule has 0 aliphatic rings. The maximum Gasteiger partial charge on any atom is 0.260 e. The summed E-state index contributed by atoms with van der Waals surface area (Å²) in [7, 11) is 3.15. The lowest BCUT2D eigenvalue weighted by Crippen LogP contribution is -2.24. The smallest absolute Gasteiger partial charge is 0.260 e. The predicted octanol–water partition coefficient (Wildman–Crippen LogP) is 3.66. The van der Waals surface area contributed by atoms with Gasteiger partial charge in [-0.1, -0.05) is 18.2 Å². The summed E-state index contributed by atoms with van der Waals surface area (Å²) in [6, 6.07) is 18.7. The van der Waals surface area contributed by atoms with Crippen molar-refractivity contribution in [3.63, 3.8) is 0 Å². The van der Waals surface area contributed by atoms with E-state index in [9.17, 15) is 4.79 Å². The van der Waals surface area contributed by atoms with Crippen LogP contribution in [0.3, 0.4) is 0 Å². The molecule has 32 heavy (non-hydrogen) atoms. The fourth-order valence-electron chi connectivity index (χ4n) is 3.38. The molecule has 8 heteroatoms. The number of amides is 1. The van der Waals surface area contributed by atoms with Crippen molar-refractivity contribution in [1.82, 2.24) is 20.0 Å². The average molecular weight is 429 g/mol. The summed E-state index contributed by atoms with van der Waals surface area (Å²) in [6.45, 7) is 1.86. The first-order chi connectivity index (χ1) is 15.6. The number of rotatable bonds is 7. The molecule has 0 aliphatic heterocycles. The van der Waals surface area contributed by atoms with Gasteiger partial charge >= 0.3 is 0 Å². The number of hydrogen-bond acceptors (Lipinski definition) is 6. The summed E-state index contributed by atoms with van der Waals surface area (Å²) in [5, 5.41) is 4.26. The molecule has 0 radical (unpaired) electrons. The molecule has 0 atom stereocenters. The first kappa shape index (κ1) is 21.0. The van der Waals surface area contributed by atoms with Crippen LogP contribution in [0.4, 0.5) is 0 Å². The first-order valence-corrected chi connectivity index (χ1v) is 10.0. The number of pyridine rings is 1. The third-order valence-corrected chi connectivity index (χ3v) is 5.00. The van der Waals surface area contributed by atoms with E-state index in [2.05, 4.69) is 20.5 Å². The Labute approximate surface area is 185 Å². The number of carbonyl (C=O) groups excluding carboxylic acids is 1. The normalized spacial score (nSPS) is 11.4. The van der Waals surface area contributed by atoms with E-state index in [0.29, 0.717) is 28.7 Å². The minimum atomic E-state index is -0.273. The van der Waals surface area contributed by atoms with E-state index in [1.807, 2.05) is 66.1 Å². The van der Waals surface area contributed by atoms with Crippen LogP contribution in [0.25, 0.3) is 22.6 Å². The molecule has 162 valence electrons. The quantitative estimate of drug-likeness (QED) is 0.358. The van der Waals surface area contributed by atoms with Crippen LogP contribution < -0.4 is 14.9 Å². The summed E-state index contributed by atoms with van der Waals surface area (Å²) in [5.41, 5.74) is 6.43. The Hall–Kier alpha value is -4.20. The zero-order chi connectivity index (χ0) is 22.5. The zero-order valence-corrected chi connectivity index (χ0v) is 18.1. The van der Waals surface area contributed by atoms with Crippen LogP contribution in [0, 0.1) is 0 Å². The van der Waals surface area contributed by atoms with Crippen molar-refractivity contribution in [3.8, 4) is 23.0 Å². The zero-order valence-electron chi connectivity index (χ0n) is 18.1.